The van der Waals surface area contributed by atoms with E-state index < -0.39 is 0 Å². The first-order valence-corrected chi connectivity index (χ1v) is 8.52. The van der Waals surface area contributed by atoms with Crippen molar-refractivity contribution in [2.45, 2.75) is 62.9 Å². The Morgan fingerprint density at radius 3 is 2.52 bits per heavy atom. The minimum Gasteiger partial charge on any atom is -0.323 e. The first-order valence-electron chi connectivity index (χ1n) is 8.14. The number of imidazole rings is 1. The lowest BCUT2D eigenvalue weighted by molar-refractivity contribution is 0.349. The van der Waals surface area contributed by atoms with E-state index in [1.165, 1.54) is 44.0 Å². The number of benzene rings is 1. The molecule has 3 nitrogen and oxygen atoms in total. The second-order valence-corrected chi connectivity index (χ2v) is 7.18. The Labute approximate surface area is 130 Å². The van der Waals surface area contributed by atoms with E-state index >= 15 is 0 Å². The Bertz CT molecular complexity index is 664. The molecule has 0 saturated heterocycles. The number of hydrogen-bond acceptors (Lipinski definition) is 2. The number of hydrogen-bond donors (Lipinski definition) is 1. The van der Waals surface area contributed by atoms with Gasteiger partial charge in [-0.05, 0) is 43.9 Å². The molecule has 2 aromatic rings. The molecular formula is C17H22ClN3. The van der Waals surface area contributed by atoms with Crippen LogP contribution in [0.3, 0.4) is 0 Å². The van der Waals surface area contributed by atoms with Gasteiger partial charge in [-0.25, -0.2) is 4.98 Å². The van der Waals surface area contributed by atoms with E-state index in [1.54, 1.807) is 0 Å². The fraction of sp³-hybridized carbons (Fsp3) is 0.588. The summed E-state index contributed by atoms with van der Waals surface area (Å²) in [7, 11) is 0. The molecule has 0 radical (unpaired) electrons. The number of nitrogens with zero attached hydrogens (tertiary/aromatic N) is 2. The third-order valence-electron chi connectivity index (χ3n) is 5.00. The quantitative estimate of drug-likeness (QED) is 0.828. The van der Waals surface area contributed by atoms with Crippen molar-refractivity contribution in [2.24, 2.45) is 5.73 Å². The highest BCUT2D eigenvalue weighted by Gasteiger charge is 2.37. The van der Waals surface area contributed by atoms with Crippen LogP contribution in [0.4, 0.5) is 0 Å². The van der Waals surface area contributed by atoms with Crippen molar-refractivity contribution >= 4 is 22.6 Å². The number of rotatable bonds is 2. The predicted molar refractivity (Wildman–Crippen MR) is 86.6 cm³/mol. The standard InChI is InChI=1S/C17H22ClN3/c18-12-5-8-15-14(11-12)20-16(21(15)13-6-7-13)17(19)9-3-1-2-4-10-17/h5,8,11,13H,1-4,6-7,9-10,19H2. The lowest BCUT2D eigenvalue weighted by atomic mass is 9.90. The van der Waals surface area contributed by atoms with Gasteiger partial charge in [0.25, 0.3) is 0 Å². The zero-order chi connectivity index (χ0) is 14.4. The first kappa shape index (κ1) is 13.6. The van der Waals surface area contributed by atoms with Crippen LogP contribution >= 0.6 is 11.6 Å². The molecule has 2 saturated carbocycles. The highest BCUT2D eigenvalue weighted by atomic mass is 35.5. The van der Waals surface area contributed by atoms with Crippen molar-refractivity contribution in [1.29, 1.82) is 0 Å². The van der Waals surface area contributed by atoms with Gasteiger partial charge in [0, 0.05) is 11.1 Å². The van der Waals surface area contributed by atoms with Crippen molar-refractivity contribution in [2.75, 3.05) is 0 Å². The van der Waals surface area contributed by atoms with Gasteiger partial charge in [0.2, 0.25) is 0 Å². The Morgan fingerprint density at radius 2 is 1.86 bits per heavy atom. The van der Waals surface area contributed by atoms with Gasteiger partial charge in [0.1, 0.15) is 5.82 Å². The van der Waals surface area contributed by atoms with Crippen LogP contribution in [0.5, 0.6) is 0 Å². The summed E-state index contributed by atoms with van der Waals surface area (Å²) in [6.45, 7) is 0. The van der Waals surface area contributed by atoms with Gasteiger partial charge < -0.3 is 10.3 Å². The minimum atomic E-state index is -0.259. The van der Waals surface area contributed by atoms with Crippen LogP contribution in [0.15, 0.2) is 18.2 Å². The summed E-state index contributed by atoms with van der Waals surface area (Å²) in [4.78, 5) is 4.93. The number of halogens is 1. The summed E-state index contributed by atoms with van der Waals surface area (Å²) in [6.07, 6.45) is 9.63. The maximum atomic E-state index is 6.83. The van der Waals surface area contributed by atoms with E-state index in [4.69, 9.17) is 22.3 Å². The summed E-state index contributed by atoms with van der Waals surface area (Å²) in [6, 6.07) is 6.63. The van der Waals surface area contributed by atoms with E-state index in [9.17, 15) is 0 Å². The SMILES string of the molecule is NC1(c2nc3cc(Cl)ccc3n2C2CC2)CCCCCC1. The zero-order valence-corrected chi connectivity index (χ0v) is 13.1. The fourth-order valence-corrected chi connectivity index (χ4v) is 3.87. The van der Waals surface area contributed by atoms with Crippen molar-refractivity contribution in [3.8, 4) is 0 Å². The molecule has 21 heavy (non-hydrogen) atoms. The lowest BCUT2D eigenvalue weighted by Crippen LogP contribution is -2.39. The normalized spacial score (nSPS) is 22.4. The van der Waals surface area contributed by atoms with Crippen LogP contribution in [-0.4, -0.2) is 9.55 Å². The Hall–Kier alpha value is -1.06. The predicted octanol–water partition coefficient (Wildman–Crippen LogP) is 4.53. The average Bonchev–Trinajstić information content (AvgIpc) is 3.25. The van der Waals surface area contributed by atoms with Crippen LogP contribution in [0.1, 0.15) is 63.2 Å². The lowest BCUT2D eigenvalue weighted by Gasteiger charge is -2.28. The highest BCUT2D eigenvalue weighted by Crippen LogP contribution is 2.43. The van der Waals surface area contributed by atoms with Crippen molar-refractivity contribution < 1.29 is 0 Å². The molecule has 112 valence electrons. The number of nitrogens with two attached hydrogens (primary N) is 1. The molecule has 0 atom stereocenters. The minimum absolute atomic E-state index is 0.259. The van der Waals surface area contributed by atoms with Crippen LogP contribution in [0, 0.1) is 0 Å². The summed E-state index contributed by atoms with van der Waals surface area (Å²) in [5.41, 5.74) is 8.77. The van der Waals surface area contributed by atoms with Crippen molar-refractivity contribution in [3.63, 3.8) is 0 Å². The van der Waals surface area contributed by atoms with Gasteiger partial charge in [0.05, 0.1) is 16.6 Å². The Morgan fingerprint density at radius 1 is 1.14 bits per heavy atom. The molecule has 1 heterocycles. The van der Waals surface area contributed by atoms with Gasteiger partial charge in [-0.2, -0.15) is 0 Å². The molecule has 4 heteroatoms. The molecule has 2 aliphatic rings. The second kappa shape index (κ2) is 4.99. The first-order chi connectivity index (χ1) is 10.2. The van der Waals surface area contributed by atoms with Crippen LogP contribution in [-0.2, 0) is 5.54 Å². The molecule has 0 aliphatic heterocycles. The molecule has 0 spiro atoms. The highest BCUT2D eigenvalue weighted by molar-refractivity contribution is 6.31. The van der Waals surface area contributed by atoms with Crippen molar-refractivity contribution in [1.82, 2.24) is 9.55 Å². The Kier molecular flexibility index (Phi) is 3.23. The van der Waals surface area contributed by atoms with E-state index in [-0.39, 0.29) is 5.54 Å². The molecule has 1 aromatic heterocycles. The van der Waals surface area contributed by atoms with Crippen molar-refractivity contribution in [3.05, 3.63) is 29.0 Å². The van der Waals surface area contributed by atoms with Gasteiger partial charge >= 0.3 is 0 Å². The van der Waals surface area contributed by atoms with E-state index in [0.717, 1.165) is 29.2 Å². The van der Waals surface area contributed by atoms with Gasteiger partial charge in [-0.3, -0.25) is 0 Å². The van der Waals surface area contributed by atoms with Gasteiger partial charge in [0.15, 0.2) is 0 Å². The zero-order valence-electron chi connectivity index (χ0n) is 12.3. The molecule has 1 aromatic carbocycles. The largest absolute Gasteiger partial charge is 0.323 e. The van der Waals surface area contributed by atoms with Crippen LogP contribution in [0.2, 0.25) is 5.02 Å². The van der Waals surface area contributed by atoms with E-state index in [2.05, 4.69) is 10.6 Å². The molecule has 4 rings (SSSR count). The molecule has 2 N–H and O–H groups in total. The summed E-state index contributed by atoms with van der Waals surface area (Å²) in [5.74, 6) is 1.10. The summed E-state index contributed by atoms with van der Waals surface area (Å²) < 4.78 is 2.41. The molecular weight excluding hydrogens is 282 g/mol. The number of fused-ring (bicyclic) bond motifs is 1. The summed E-state index contributed by atoms with van der Waals surface area (Å²) in [5, 5.41) is 0.751. The van der Waals surface area contributed by atoms with E-state index in [0.29, 0.717) is 6.04 Å². The third kappa shape index (κ3) is 2.36. The molecule has 2 fully saturated rings. The van der Waals surface area contributed by atoms with Crippen LogP contribution in [0.25, 0.3) is 11.0 Å². The molecule has 0 bridgehead atoms. The fourth-order valence-electron chi connectivity index (χ4n) is 3.71. The molecule has 0 unspecified atom stereocenters. The van der Waals surface area contributed by atoms with Crippen LogP contribution < -0.4 is 5.73 Å². The smallest absolute Gasteiger partial charge is 0.130 e. The third-order valence-corrected chi connectivity index (χ3v) is 5.24. The van der Waals surface area contributed by atoms with Gasteiger partial charge in [-0.15, -0.1) is 0 Å². The molecule has 0 amide bonds. The maximum absolute atomic E-state index is 6.83. The van der Waals surface area contributed by atoms with E-state index in [1.807, 2.05) is 12.1 Å². The molecule has 2 aliphatic carbocycles. The van der Waals surface area contributed by atoms with Gasteiger partial charge in [-0.1, -0.05) is 37.3 Å². The average molecular weight is 304 g/mol. The summed E-state index contributed by atoms with van der Waals surface area (Å²) >= 11 is 6.14. The maximum Gasteiger partial charge on any atom is 0.130 e. The Balaban J connectivity index is 1.88. The monoisotopic (exact) mass is 303 g/mol. The topological polar surface area (TPSA) is 43.8 Å². The number of aromatic nitrogens is 2. The second-order valence-electron chi connectivity index (χ2n) is 6.74.